The molecule has 1 amide bonds. The second-order valence-corrected chi connectivity index (χ2v) is 9.88. The van der Waals surface area contributed by atoms with Crippen molar-refractivity contribution in [1.82, 2.24) is 10.2 Å². The van der Waals surface area contributed by atoms with E-state index in [4.69, 9.17) is 0 Å². The van der Waals surface area contributed by atoms with Gasteiger partial charge in [-0.15, -0.1) is 11.3 Å². The Bertz CT molecular complexity index is 1020. The van der Waals surface area contributed by atoms with Gasteiger partial charge in [-0.2, -0.15) is 0 Å². The molecule has 2 N–H and O–H groups in total. The van der Waals surface area contributed by atoms with Gasteiger partial charge in [-0.1, -0.05) is 66.2 Å². The molecule has 4 nitrogen and oxygen atoms in total. The van der Waals surface area contributed by atoms with Gasteiger partial charge in [0.1, 0.15) is 0 Å². The van der Waals surface area contributed by atoms with E-state index in [0.717, 1.165) is 25.2 Å². The van der Waals surface area contributed by atoms with Gasteiger partial charge in [-0.05, 0) is 47.3 Å². The predicted octanol–water partition coefficient (Wildman–Crippen LogP) is 3.79. The van der Waals surface area contributed by atoms with Gasteiger partial charge >= 0.3 is 0 Å². The van der Waals surface area contributed by atoms with Gasteiger partial charge in [0, 0.05) is 26.2 Å². The second-order valence-electron chi connectivity index (χ2n) is 8.94. The number of piperidine rings is 1. The number of hydrogen-bond donors (Lipinski definition) is 2. The monoisotopic (exact) mass is 432 g/mol. The molecule has 3 atom stereocenters. The van der Waals surface area contributed by atoms with E-state index < -0.39 is 5.60 Å². The van der Waals surface area contributed by atoms with Crippen LogP contribution in [0.15, 0.2) is 72.1 Å². The van der Waals surface area contributed by atoms with Crippen molar-refractivity contribution in [2.75, 3.05) is 19.6 Å². The average Bonchev–Trinajstić information content (AvgIpc) is 3.17. The Hall–Kier alpha value is -2.47. The molecule has 5 rings (SSSR count). The Morgan fingerprint density at radius 1 is 1.06 bits per heavy atom. The molecule has 1 aliphatic carbocycles. The Labute approximate surface area is 187 Å². The summed E-state index contributed by atoms with van der Waals surface area (Å²) in [6.07, 6.45) is 0. The highest BCUT2D eigenvalue weighted by Crippen LogP contribution is 2.51. The van der Waals surface area contributed by atoms with Gasteiger partial charge < -0.3 is 10.4 Å². The number of nitrogens with zero attached hydrogens (tertiary/aromatic N) is 1. The molecular formula is C26H28N2O2S. The zero-order valence-corrected chi connectivity index (χ0v) is 18.5. The molecule has 1 saturated carbocycles. The van der Waals surface area contributed by atoms with Crippen LogP contribution in [0.5, 0.6) is 0 Å². The number of likely N-dealkylation sites (tertiary alicyclic amines) is 1. The van der Waals surface area contributed by atoms with Crippen LogP contribution >= 0.6 is 11.3 Å². The average molecular weight is 433 g/mol. The van der Waals surface area contributed by atoms with Gasteiger partial charge in [0.2, 0.25) is 5.60 Å². The third-order valence-electron chi connectivity index (χ3n) is 6.87. The standard InChI is InChI=1S/C26H28N2O2S/c1-18-9-11-20(12-10-18)26(30,24-8-5-13-31-24)25(29)27-14-21-22-16-28(17-23(21)22)15-19-6-3-2-4-7-19/h2-13,21-23,30H,14-17H2,1H3,(H,27,29). The zero-order chi connectivity index (χ0) is 21.4. The van der Waals surface area contributed by atoms with E-state index >= 15 is 0 Å². The number of hydrogen-bond acceptors (Lipinski definition) is 4. The number of aryl methyl sites for hydroxylation is 1. The van der Waals surface area contributed by atoms with Gasteiger partial charge in [-0.3, -0.25) is 9.69 Å². The molecule has 1 saturated heterocycles. The third-order valence-corrected chi connectivity index (χ3v) is 7.85. The highest BCUT2D eigenvalue weighted by molar-refractivity contribution is 7.10. The molecule has 2 fully saturated rings. The van der Waals surface area contributed by atoms with Crippen LogP contribution in [0.25, 0.3) is 0 Å². The summed E-state index contributed by atoms with van der Waals surface area (Å²) in [5.41, 5.74) is 1.42. The molecular weight excluding hydrogens is 404 g/mol. The summed E-state index contributed by atoms with van der Waals surface area (Å²) in [6.45, 7) is 5.81. The largest absolute Gasteiger partial charge is 0.371 e. The van der Waals surface area contributed by atoms with Crippen molar-refractivity contribution < 1.29 is 9.90 Å². The molecule has 3 aromatic rings. The van der Waals surface area contributed by atoms with Crippen molar-refractivity contribution in [2.24, 2.45) is 17.8 Å². The van der Waals surface area contributed by atoms with Crippen LogP contribution < -0.4 is 5.32 Å². The Kier molecular flexibility index (Phi) is 5.42. The van der Waals surface area contributed by atoms with E-state index in [1.807, 2.05) is 48.7 Å². The second kappa shape index (κ2) is 8.23. The zero-order valence-electron chi connectivity index (χ0n) is 17.7. The SMILES string of the molecule is Cc1ccc(C(O)(C(=O)NCC2C3CN(Cc4ccccc4)CC23)c2cccs2)cc1. The van der Waals surface area contributed by atoms with Crippen molar-refractivity contribution in [3.63, 3.8) is 0 Å². The number of carbonyl (C=O) groups excluding carboxylic acids is 1. The number of fused-ring (bicyclic) bond motifs is 1. The summed E-state index contributed by atoms with van der Waals surface area (Å²) in [7, 11) is 0. The normalized spacial score (nSPS) is 24.4. The Morgan fingerprint density at radius 3 is 2.42 bits per heavy atom. The summed E-state index contributed by atoms with van der Waals surface area (Å²) in [4.78, 5) is 16.4. The fraction of sp³-hybridized carbons (Fsp3) is 0.346. The first-order chi connectivity index (χ1) is 15.1. The fourth-order valence-corrected chi connectivity index (χ4v) is 5.86. The van der Waals surface area contributed by atoms with Crippen LogP contribution in [0.4, 0.5) is 0 Å². The van der Waals surface area contributed by atoms with Crippen LogP contribution in [0.3, 0.4) is 0 Å². The highest BCUT2D eigenvalue weighted by atomic mass is 32.1. The Balaban J connectivity index is 1.21. The van der Waals surface area contributed by atoms with Crippen LogP contribution in [0, 0.1) is 24.7 Å². The molecule has 0 spiro atoms. The first kappa shape index (κ1) is 20.4. The van der Waals surface area contributed by atoms with E-state index in [9.17, 15) is 9.90 Å². The molecule has 2 aliphatic rings. The van der Waals surface area contributed by atoms with Crippen LogP contribution in [-0.4, -0.2) is 35.5 Å². The highest BCUT2D eigenvalue weighted by Gasteiger charge is 2.55. The number of carbonyl (C=O) groups is 1. The van der Waals surface area contributed by atoms with Gasteiger partial charge in [0.15, 0.2) is 0 Å². The molecule has 5 heteroatoms. The lowest BCUT2D eigenvalue weighted by Gasteiger charge is -2.27. The predicted molar refractivity (Wildman–Crippen MR) is 124 cm³/mol. The molecule has 2 heterocycles. The van der Waals surface area contributed by atoms with Crippen molar-refractivity contribution >= 4 is 17.2 Å². The summed E-state index contributed by atoms with van der Waals surface area (Å²) in [5, 5.41) is 16.5. The molecule has 31 heavy (non-hydrogen) atoms. The van der Waals surface area contributed by atoms with Crippen LogP contribution in [-0.2, 0) is 16.9 Å². The molecule has 1 aromatic heterocycles. The minimum absolute atomic E-state index is 0.329. The number of aliphatic hydroxyl groups is 1. The lowest BCUT2D eigenvalue weighted by molar-refractivity contribution is -0.136. The maximum atomic E-state index is 13.2. The maximum Gasteiger partial charge on any atom is 0.262 e. The van der Waals surface area contributed by atoms with Gasteiger partial charge in [0.05, 0.1) is 4.88 Å². The number of amides is 1. The number of rotatable bonds is 7. The fourth-order valence-electron chi connectivity index (χ4n) is 5.01. The summed E-state index contributed by atoms with van der Waals surface area (Å²) >= 11 is 1.41. The maximum absolute atomic E-state index is 13.2. The van der Waals surface area contributed by atoms with E-state index in [1.54, 1.807) is 0 Å². The smallest absolute Gasteiger partial charge is 0.262 e. The van der Waals surface area contributed by atoms with E-state index in [2.05, 4.69) is 40.5 Å². The molecule has 1 aliphatic heterocycles. The third kappa shape index (κ3) is 3.93. The Morgan fingerprint density at radius 2 is 1.77 bits per heavy atom. The molecule has 2 aromatic carbocycles. The van der Waals surface area contributed by atoms with Gasteiger partial charge in [-0.25, -0.2) is 0 Å². The van der Waals surface area contributed by atoms with E-state index in [0.29, 0.717) is 34.7 Å². The first-order valence-corrected chi connectivity index (χ1v) is 11.8. The number of nitrogens with one attached hydrogen (secondary N) is 1. The molecule has 3 unspecified atom stereocenters. The quantitative estimate of drug-likeness (QED) is 0.597. The van der Waals surface area contributed by atoms with E-state index in [-0.39, 0.29) is 5.91 Å². The van der Waals surface area contributed by atoms with Crippen LogP contribution in [0.2, 0.25) is 0 Å². The number of thiophene rings is 1. The summed E-state index contributed by atoms with van der Waals surface area (Å²) < 4.78 is 0. The summed E-state index contributed by atoms with van der Waals surface area (Å²) in [6, 6.07) is 21.9. The van der Waals surface area contributed by atoms with Crippen molar-refractivity contribution in [2.45, 2.75) is 19.1 Å². The molecule has 0 radical (unpaired) electrons. The first-order valence-electron chi connectivity index (χ1n) is 10.9. The molecule has 0 bridgehead atoms. The van der Waals surface area contributed by atoms with Crippen molar-refractivity contribution in [1.29, 1.82) is 0 Å². The summed E-state index contributed by atoms with van der Waals surface area (Å²) in [5.74, 6) is 1.49. The lowest BCUT2D eigenvalue weighted by Crippen LogP contribution is -2.46. The molecule has 160 valence electrons. The topological polar surface area (TPSA) is 52.6 Å². The van der Waals surface area contributed by atoms with E-state index in [1.165, 1.54) is 16.9 Å². The van der Waals surface area contributed by atoms with Crippen LogP contribution in [0.1, 0.15) is 21.6 Å². The minimum Gasteiger partial charge on any atom is -0.371 e. The lowest BCUT2D eigenvalue weighted by atomic mass is 9.90. The van der Waals surface area contributed by atoms with Crippen molar-refractivity contribution in [3.05, 3.63) is 93.7 Å². The number of benzene rings is 2. The van der Waals surface area contributed by atoms with Gasteiger partial charge in [0.25, 0.3) is 5.91 Å². The minimum atomic E-state index is -1.65. The van der Waals surface area contributed by atoms with Crippen molar-refractivity contribution in [3.8, 4) is 0 Å².